The van der Waals surface area contributed by atoms with Gasteiger partial charge in [0, 0.05) is 0 Å². The fraction of sp³-hybridized carbons (Fsp3) is 1.00. The molecule has 12 heavy (non-hydrogen) atoms. The van der Waals surface area contributed by atoms with Gasteiger partial charge in [0.25, 0.3) is 0 Å². The van der Waals surface area contributed by atoms with E-state index in [0.717, 1.165) is 19.3 Å². The minimum Gasteiger partial charge on any atom is -0.330 e. The maximum Gasteiger partial charge on any atom is 0.155 e. The average Bonchev–Trinajstić information content (AvgIpc) is 1.96. The van der Waals surface area contributed by atoms with Crippen LogP contribution in [-0.2, 0) is 9.84 Å². The Kier molecular flexibility index (Phi) is 2.78. The largest absolute Gasteiger partial charge is 0.330 e. The van der Waals surface area contributed by atoms with Crippen LogP contribution < -0.4 is 5.73 Å². The summed E-state index contributed by atoms with van der Waals surface area (Å²) in [5.74, 6) is 0.351. The molecule has 0 amide bonds. The van der Waals surface area contributed by atoms with Gasteiger partial charge in [-0.2, -0.15) is 0 Å². The quantitative estimate of drug-likeness (QED) is 0.698. The molecule has 1 rings (SSSR count). The number of rotatable bonds is 2. The number of hydrogen-bond donors (Lipinski definition) is 1. The standard InChI is InChI=1S/C8H17NO2S/c1-8(5-6-9)4-2-3-7-12(8,10)11/h2-7,9H2,1H3. The van der Waals surface area contributed by atoms with E-state index in [1.807, 2.05) is 6.92 Å². The summed E-state index contributed by atoms with van der Waals surface area (Å²) in [4.78, 5) is 0. The minimum atomic E-state index is -2.87. The van der Waals surface area contributed by atoms with Gasteiger partial charge >= 0.3 is 0 Å². The molecule has 0 aromatic rings. The van der Waals surface area contributed by atoms with Crippen LogP contribution in [0.5, 0.6) is 0 Å². The molecule has 1 fully saturated rings. The van der Waals surface area contributed by atoms with Crippen LogP contribution in [0.2, 0.25) is 0 Å². The highest BCUT2D eigenvalue weighted by Crippen LogP contribution is 2.32. The van der Waals surface area contributed by atoms with Crippen molar-refractivity contribution < 1.29 is 8.42 Å². The van der Waals surface area contributed by atoms with E-state index in [4.69, 9.17) is 5.73 Å². The summed E-state index contributed by atoms with van der Waals surface area (Å²) in [6.45, 7) is 2.30. The van der Waals surface area contributed by atoms with Crippen LogP contribution in [0.25, 0.3) is 0 Å². The Morgan fingerprint density at radius 2 is 2.08 bits per heavy atom. The Balaban J connectivity index is 2.84. The molecule has 0 aliphatic carbocycles. The van der Waals surface area contributed by atoms with Crippen LogP contribution in [0.1, 0.15) is 32.6 Å². The molecule has 0 aromatic carbocycles. The Hall–Kier alpha value is -0.0900. The first-order valence-corrected chi connectivity index (χ1v) is 6.09. The van der Waals surface area contributed by atoms with Crippen molar-refractivity contribution in [1.82, 2.24) is 0 Å². The van der Waals surface area contributed by atoms with Gasteiger partial charge in [-0.1, -0.05) is 6.42 Å². The maximum atomic E-state index is 11.6. The van der Waals surface area contributed by atoms with Gasteiger partial charge in [0.1, 0.15) is 0 Å². The molecule has 1 aliphatic rings. The number of sulfone groups is 1. The smallest absolute Gasteiger partial charge is 0.155 e. The SMILES string of the molecule is CC1(CCN)CCCCS1(=O)=O. The summed E-state index contributed by atoms with van der Waals surface area (Å²) in [6, 6.07) is 0. The van der Waals surface area contributed by atoms with Crippen molar-refractivity contribution in [2.75, 3.05) is 12.3 Å². The Labute approximate surface area is 74.3 Å². The molecule has 3 nitrogen and oxygen atoms in total. The van der Waals surface area contributed by atoms with Gasteiger partial charge in [-0.15, -0.1) is 0 Å². The number of nitrogens with two attached hydrogens (primary N) is 1. The molecule has 4 heteroatoms. The number of hydrogen-bond acceptors (Lipinski definition) is 3. The Bertz CT molecular complexity index is 244. The zero-order chi connectivity index (χ0) is 9.24. The van der Waals surface area contributed by atoms with E-state index >= 15 is 0 Å². The Morgan fingerprint density at radius 1 is 1.42 bits per heavy atom. The van der Waals surface area contributed by atoms with E-state index in [2.05, 4.69) is 0 Å². The average molecular weight is 191 g/mol. The van der Waals surface area contributed by atoms with E-state index in [1.54, 1.807) is 0 Å². The first kappa shape index (κ1) is 9.99. The van der Waals surface area contributed by atoms with Gasteiger partial charge in [-0.25, -0.2) is 8.42 Å². The zero-order valence-corrected chi connectivity index (χ0v) is 8.36. The molecule has 0 saturated carbocycles. The molecular formula is C8H17NO2S. The summed E-state index contributed by atoms with van der Waals surface area (Å²) in [5, 5.41) is 0. The van der Waals surface area contributed by atoms with Gasteiger partial charge in [0.15, 0.2) is 9.84 Å². The van der Waals surface area contributed by atoms with Crippen molar-refractivity contribution in [3.63, 3.8) is 0 Å². The second-order valence-electron chi connectivity index (χ2n) is 3.76. The fourth-order valence-electron chi connectivity index (χ4n) is 1.78. The highest BCUT2D eigenvalue weighted by atomic mass is 32.2. The normalized spacial score (nSPS) is 34.8. The second kappa shape index (κ2) is 3.34. The molecule has 2 N–H and O–H groups in total. The van der Waals surface area contributed by atoms with Crippen molar-refractivity contribution in [3.8, 4) is 0 Å². The minimum absolute atomic E-state index is 0.351. The maximum absolute atomic E-state index is 11.6. The lowest BCUT2D eigenvalue weighted by molar-refractivity contribution is 0.447. The van der Waals surface area contributed by atoms with Crippen LogP contribution in [0, 0.1) is 0 Å². The van der Waals surface area contributed by atoms with E-state index in [1.165, 1.54) is 0 Å². The topological polar surface area (TPSA) is 60.2 Å². The van der Waals surface area contributed by atoms with E-state index in [0.29, 0.717) is 18.7 Å². The van der Waals surface area contributed by atoms with Gasteiger partial charge in [-0.05, 0) is 32.7 Å². The van der Waals surface area contributed by atoms with Gasteiger partial charge in [0.05, 0.1) is 10.5 Å². The molecule has 1 heterocycles. The molecule has 1 atom stereocenters. The molecule has 1 saturated heterocycles. The lowest BCUT2D eigenvalue weighted by atomic mass is 9.99. The van der Waals surface area contributed by atoms with Crippen LogP contribution in [0.3, 0.4) is 0 Å². The summed E-state index contributed by atoms with van der Waals surface area (Å²) < 4.78 is 22.7. The van der Waals surface area contributed by atoms with E-state index < -0.39 is 14.6 Å². The summed E-state index contributed by atoms with van der Waals surface area (Å²) in [7, 11) is -2.87. The van der Waals surface area contributed by atoms with Gasteiger partial charge < -0.3 is 5.73 Å². The first-order valence-electron chi connectivity index (χ1n) is 4.44. The lowest BCUT2D eigenvalue weighted by Crippen LogP contribution is -2.41. The monoisotopic (exact) mass is 191 g/mol. The predicted molar refractivity (Wildman–Crippen MR) is 49.7 cm³/mol. The van der Waals surface area contributed by atoms with Crippen LogP contribution in [0.15, 0.2) is 0 Å². The predicted octanol–water partition coefficient (Wildman–Crippen LogP) is 0.693. The molecule has 0 radical (unpaired) electrons. The fourth-order valence-corrected chi connectivity index (χ4v) is 3.74. The third kappa shape index (κ3) is 1.64. The summed E-state index contributed by atoms with van der Waals surface area (Å²) in [6.07, 6.45) is 3.24. The van der Waals surface area contributed by atoms with Crippen molar-refractivity contribution in [1.29, 1.82) is 0 Å². The molecule has 0 bridgehead atoms. The molecule has 1 unspecified atom stereocenters. The van der Waals surface area contributed by atoms with Crippen LogP contribution in [-0.4, -0.2) is 25.5 Å². The third-order valence-corrected chi connectivity index (χ3v) is 5.53. The molecule has 1 aliphatic heterocycles. The molecular weight excluding hydrogens is 174 g/mol. The van der Waals surface area contributed by atoms with Crippen LogP contribution >= 0.6 is 0 Å². The highest BCUT2D eigenvalue weighted by molar-refractivity contribution is 7.92. The van der Waals surface area contributed by atoms with Crippen molar-refractivity contribution in [2.45, 2.75) is 37.4 Å². The van der Waals surface area contributed by atoms with Crippen LogP contribution in [0.4, 0.5) is 0 Å². The summed E-state index contributed by atoms with van der Waals surface area (Å²) in [5.41, 5.74) is 5.40. The van der Waals surface area contributed by atoms with E-state index in [9.17, 15) is 8.42 Å². The van der Waals surface area contributed by atoms with E-state index in [-0.39, 0.29) is 0 Å². The van der Waals surface area contributed by atoms with Gasteiger partial charge in [0.2, 0.25) is 0 Å². The summed E-state index contributed by atoms with van der Waals surface area (Å²) >= 11 is 0. The lowest BCUT2D eigenvalue weighted by Gasteiger charge is -2.32. The molecule has 72 valence electrons. The second-order valence-corrected chi connectivity index (χ2v) is 6.39. The molecule has 0 spiro atoms. The van der Waals surface area contributed by atoms with Crippen molar-refractivity contribution >= 4 is 9.84 Å². The highest BCUT2D eigenvalue weighted by Gasteiger charge is 2.39. The third-order valence-electron chi connectivity index (χ3n) is 2.79. The Morgan fingerprint density at radius 3 is 2.58 bits per heavy atom. The molecule has 0 aromatic heterocycles. The zero-order valence-electron chi connectivity index (χ0n) is 7.54. The van der Waals surface area contributed by atoms with Crippen molar-refractivity contribution in [3.05, 3.63) is 0 Å². The van der Waals surface area contributed by atoms with Gasteiger partial charge in [-0.3, -0.25) is 0 Å². The first-order chi connectivity index (χ1) is 5.52. The van der Waals surface area contributed by atoms with Crippen molar-refractivity contribution in [2.24, 2.45) is 5.73 Å².